The van der Waals surface area contributed by atoms with Crippen LogP contribution in [0.25, 0.3) is 10.9 Å². The number of nitrogens with one attached hydrogen (secondary N) is 2. The molecule has 1 aromatic carbocycles. The molecule has 0 bridgehead atoms. The van der Waals surface area contributed by atoms with Crippen LogP contribution in [0, 0.1) is 0 Å². The molecule has 1 atom stereocenters. The summed E-state index contributed by atoms with van der Waals surface area (Å²) in [7, 11) is 0. The van der Waals surface area contributed by atoms with E-state index in [4.69, 9.17) is 5.73 Å². The van der Waals surface area contributed by atoms with E-state index in [1.807, 2.05) is 13.0 Å². The van der Waals surface area contributed by atoms with E-state index in [1.54, 1.807) is 0 Å². The molecule has 0 fully saturated rings. The van der Waals surface area contributed by atoms with Gasteiger partial charge in [0, 0.05) is 29.7 Å². The largest absolute Gasteiger partial charge is 0.361 e. The first-order valence-corrected chi connectivity index (χ1v) is 5.78. The van der Waals surface area contributed by atoms with Crippen LogP contribution in [0.2, 0.25) is 0 Å². The van der Waals surface area contributed by atoms with Gasteiger partial charge in [0.15, 0.2) is 0 Å². The lowest BCUT2D eigenvalue weighted by Gasteiger charge is -2.06. The molecule has 0 aliphatic rings. The second-order valence-electron chi connectivity index (χ2n) is 4.30. The molecule has 0 aliphatic carbocycles. The maximum absolute atomic E-state index is 5.70. The maximum Gasteiger partial charge on any atom is 0.0457 e. The Labute approximate surface area is 96.0 Å². The van der Waals surface area contributed by atoms with Gasteiger partial charge in [0.05, 0.1) is 0 Å². The van der Waals surface area contributed by atoms with E-state index in [0.29, 0.717) is 0 Å². The minimum atomic E-state index is 0.274. The molecule has 1 heterocycles. The predicted molar refractivity (Wildman–Crippen MR) is 68.3 cm³/mol. The highest BCUT2D eigenvalue weighted by Crippen LogP contribution is 2.17. The van der Waals surface area contributed by atoms with Crippen molar-refractivity contribution in [2.75, 3.05) is 6.54 Å². The van der Waals surface area contributed by atoms with Crippen molar-refractivity contribution in [2.24, 2.45) is 5.73 Å². The van der Waals surface area contributed by atoms with E-state index in [1.165, 1.54) is 16.5 Å². The zero-order chi connectivity index (χ0) is 11.4. The number of nitrogens with two attached hydrogens (primary N) is 1. The SMILES string of the molecule is CC(N)CCNCc1c[nH]c2ccccc12. The molecule has 1 unspecified atom stereocenters. The van der Waals surface area contributed by atoms with Crippen molar-refractivity contribution in [3.8, 4) is 0 Å². The molecule has 0 saturated heterocycles. The summed E-state index contributed by atoms with van der Waals surface area (Å²) in [6, 6.07) is 8.64. The molecule has 4 N–H and O–H groups in total. The van der Waals surface area contributed by atoms with Crippen LogP contribution in [-0.2, 0) is 6.54 Å². The second-order valence-corrected chi connectivity index (χ2v) is 4.30. The Morgan fingerprint density at radius 2 is 2.19 bits per heavy atom. The van der Waals surface area contributed by atoms with Crippen LogP contribution >= 0.6 is 0 Å². The Bertz CT molecular complexity index is 445. The Morgan fingerprint density at radius 3 is 3.00 bits per heavy atom. The number of aromatic amines is 1. The first-order chi connectivity index (χ1) is 7.77. The van der Waals surface area contributed by atoms with Gasteiger partial charge in [-0.3, -0.25) is 0 Å². The molecular formula is C13H19N3. The Hall–Kier alpha value is -1.32. The van der Waals surface area contributed by atoms with Crippen LogP contribution in [-0.4, -0.2) is 17.6 Å². The molecule has 1 aromatic heterocycles. The summed E-state index contributed by atoms with van der Waals surface area (Å²) in [5.41, 5.74) is 8.22. The Morgan fingerprint density at radius 1 is 1.38 bits per heavy atom. The van der Waals surface area contributed by atoms with Gasteiger partial charge in [-0.1, -0.05) is 18.2 Å². The van der Waals surface area contributed by atoms with Crippen molar-refractivity contribution >= 4 is 10.9 Å². The summed E-state index contributed by atoms with van der Waals surface area (Å²) in [5, 5.41) is 4.71. The quantitative estimate of drug-likeness (QED) is 0.671. The average molecular weight is 217 g/mol. The summed E-state index contributed by atoms with van der Waals surface area (Å²) in [5.74, 6) is 0. The molecule has 2 rings (SSSR count). The van der Waals surface area contributed by atoms with Gasteiger partial charge in [-0.25, -0.2) is 0 Å². The number of para-hydroxylation sites is 1. The van der Waals surface area contributed by atoms with Crippen LogP contribution in [0.5, 0.6) is 0 Å². The number of hydrogen-bond donors (Lipinski definition) is 3. The maximum atomic E-state index is 5.70. The second kappa shape index (κ2) is 5.14. The first-order valence-electron chi connectivity index (χ1n) is 5.78. The van der Waals surface area contributed by atoms with Crippen molar-refractivity contribution in [1.82, 2.24) is 10.3 Å². The van der Waals surface area contributed by atoms with Crippen molar-refractivity contribution in [3.05, 3.63) is 36.0 Å². The van der Waals surface area contributed by atoms with Gasteiger partial charge in [-0.2, -0.15) is 0 Å². The lowest BCUT2D eigenvalue weighted by molar-refractivity contribution is 0.590. The number of benzene rings is 1. The van der Waals surface area contributed by atoms with Crippen molar-refractivity contribution < 1.29 is 0 Å². The molecule has 0 amide bonds. The molecule has 16 heavy (non-hydrogen) atoms. The summed E-state index contributed by atoms with van der Waals surface area (Å²) >= 11 is 0. The zero-order valence-electron chi connectivity index (χ0n) is 9.66. The molecule has 0 radical (unpaired) electrons. The molecule has 0 saturated carbocycles. The van der Waals surface area contributed by atoms with Gasteiger partial charge in [-0.05, 0) is 31.5 Å². The zero-order valence-corrected chi connectivity index (χ0v) is 9.66. The molecule has 86 valence electrons. The van der Waals surface area contributed by atoms with Crippen LogP contribution in [0.1, 0.15) is 18.9 Å². The monoisotopic (exact) mass is 217 g/mol. The van der Waals surface area contributed by atoms with E-state index in [2.05, 4.69) is 34.7 Å². The fourth-order valence-corrected chi connectivity index (χ4v) is 1.83. The summed E-state index contributed by atoms with van der Waals surface area (Å²) < 4.78 is 0. The van der Waals surface area contributed by atoms with Gasteiger partial charge in [0.1, 0.15) is 0 Å². The normalized spacial score (nSPS) is 13.1. The van der Waals surface area contributed by atoms with E-state index < -0.39 is 0 Å². The minimum Gasteiger partial charge on any atom is -0.361 e. The van der Waals surface area contributed by atoms with Crippen LogP contribution in [0.4, 0.5) is 0 Å². The van der Waals surface area contributed by atoms with Crippen molar-refractivity contribution in [2.45, 2.75) is 25.9 Å². The standard InChI is InChI=1S/C13H19N3/c1-10(14)6-7-15-8-11-9-16-13-5-3-2-4-12(11)13/h2-5,9-10,15-16H,6-8,14H2,1H3. The average Bonchev–Trinajstić information content (AvgIpc) is 2.68. The number of H-pyrrole nitrogens is 1. The summed E-state index contributed by atoms with van der Waals surface area (Å²) in [6.07, 6.45) is 3.09. The highest BCUT2D eigenvalue weighted by atomic mass is 14.9. The third-order valence-electron chi connectivity index (χ3n) is 2.77. The van der Waals surface area contributed by atoms with E-state index in [0.717, 1.165) is 19.5 Å². The lowest BCUT2D eigenvalue weighted by atomic mass is 10.2. The molecule has 2 aromatic rings. The third-order valence-corrected chi connectivity index (χ3v) is 2.77. The highest BCUT2D eigenvalue weighted by molar-refractivity contribution is 5.82. The van der Waals surface area contributed by atoms with Gasteiger partial charge in [-0.15, -0.1) is 0 Å². The number of rotatable bonds is 5. The minimum absolute atomic E-state index is 0.274. The van der Waals surface area contributed by atoms with E-state index in [9.17, 15) is 0 Å². The molecule has 0 aliphatic heterocycles. The first kappa shape index (κ1) is 11.2. The van der Waals surface area contributed by atoms with Crippen molar-refractivity contribution in [3.63, 3.8) is 0 Å². The Balaban J connectivity index is 1.94. The van der Waals surface area contributed by atoms with Crippen LogP contribution in [0.15, 0.2) is 30.5 Å². The van der Waals surface area contributed by atoms with Crippen LogP contribution < -0.4 is 11.1 Å². The topological polar surface area (TPSA) is 53.8 Å². The van der Waals surface area contributed by atoms with Gasteiger partial charge in [0.25, 0.3) is 0 Å². The van der Waals surface area contributed by atoms with E-state index >= 15 is 0 Å². The smallest absolute Gasteiger partial charge is 0.0457 e. The van der Waals surface area contributed by atoms with Crippen LogP contribution in [0.3, 0.4) is 0 Å². The number of hydrogen-bond acceptors (Lipinski definition) is 2. The summed E-state index contributed by atoms with van der Waals surface area (Å²) in [6.45, 7) is 3.90. The van der Waals surface area contributed by atoms with E-state index in [-0.39, 0.29) is 6.04 Å². The number of fused-ring (bicyclic) bond motifs is 1. The van der Waals surface area contributed by atoms with Gasteiger partial charge in [0.2, 0.25) is 0 Å². The molecular weight excluding hydrogens is 198 g/mol. The molecule has 0 spiro atoms. The van der Waals surface area contributed by atoms with Gasteiger partial charge >= 0.3 is 0 Å². The molecule has 3 nitrogen and oxygen atoms in total. The third kappa shape index (κ3) is 2.62. The fraction of sp³-hybridized carbons (Fsp3) is 0.385. The van der Waals surface area contributed by atoms with Crippen molar-refractivity contribution in [1.29, 1.82) is 0 Å². The predicted octanol–water partition coefficient (Wildman–Crippen LogP) is 1.99. The Kier molecular flexibility index (Phi) is 3.59. The highest BCUT2D eigenvalue weighted by Gasteiger charge is 2.01. The summed E-state index contributed by atoms with van der Waals surface area (Å²) in [4.78, 5) is 3.27. The fourth-order valence-electron chi connectivity index (χ4n) is 1.83. The van der Waals surface area contributed by atoms with Gasteiger partial charge < -0.3 is 16.0 Å². The molecule has 3 heteroatoms. The number of aromatic nitrogens is 1. The lowest BCUT2D eigenvalue weighted by Crippen LogP contribution is -2.23.